The quantitative estimate of drug-likeness (QED) is 0.0832. The summed E-state index contributed by atoms with van der Waals surface area (Å²) in [5.74, 6) is -4.25. The highest BCUT2D eigenvalue weighted by Gasteiger charge is 2.71. The molecular formula is C39H31ClF7N7O4S. The lowest BCUT2D eigenvalue weighted by Gasteiger charge is -2.30. The smallest absolute Gasteiger partial charge is 0.378 e. The van der Waals surface area contributed by atoms with Crippen LogP contribution < -0.4 is 10.0 Å². The number of fused-ring (bicyclic) bond motifs is 4. The molecule has 20 heteroatoms. The van der Waals surface area contributed by atoms with Gasteiger partial charge in [0.05, 0.1) is 39.8 Å². The van der Waals surface area contributed by atoms with Crippen LogP contribution >= 0.6 is 11.6 Å². The lowest BCUT2D eigenvalue weighted by molar-refractivity contribution is -0.142. The number of allylic oxidation sites excluding steroid dienone is 1. The highest BCUT2D eigenvalue weighted by Crippen LogP contribution is 2.71. The van der Waals surface area contributed by atoms with Crippen LogP contribution in [0.3, 0.4) is 0 Å². The third-order valence-corrected chi connectivity index (χ3v) is 11.5. The zero-order valence-electron chi connectivity index (χ0n) is 30.9. The monoisotopic (exact) mass is 861 g/mol. The predicted molar refractivity (Wildman–Crippen MR) is 201 cm³/mol. The summed E-state index contributed by atoms with van der Waals surface area (Å²) in [4.78, 5) is 18.7. The molecule has 3 N–H and O–H groups in total. The topological polar surface area (TPSA) is 144 Å². The van der Waals surface area contributed by atoms with Crippen molar-refractivity contribution in [3.8, 4) is 23.0 Å². The number of pyridine rings is 1. The molecule has 5 aromatic rings. The lowest BCUT2D eigenvalue weighted by Crippen LogP contribution is -2.35. The van der Waals surface area contributed by atoms with E-state index in [4.69, 9.17) is 16.6 Å². The maximum absolute atomic E-state index is 15.6. The fraction of sp³-hybridized carbons (Fsp3) is 0.333. The standard InChI is InChI=1S/C39H31ClF7N7O4S/c1-18-28-30-34(39(45,46)47)50-54(35(30)38(43,44)31(18)28)17-27(55)49-26(15-19-13-20(41)16-21(42)14-19)32-23(6-5-22(48-32)9-12-37(56)10-4-11-37)24-7-8-25(40)29-33(24)53(2)51-36(29)52-59(3,57)58/h5-8,13-14,16,26,28,31,56H,1,4,10-11,15,17H2,2-3H3,(H,49,55)(H,51,52)/t26-,28+,31+/m0/s1. The molecular weight excluding hydrogens is 831 g/mol. The molecule has 3 aliphatic carbocycles. The number of nitrogens with one attached hydrogen (secondary N) is 2. The van der Waals surface area contributed by atoms with Crippen LogP contribution in [0.1, 0.15) is 65.1 Å². The number of carbonyl (C=O) groups is 1. The van der Waals surface area contributed by atoms with Gasteiger partial charge in [-0.2, -0.15) is 32.1 Å². The van der Waals surface area contributed by atoms with E-state index < -0.39 is 93.1 Å². The Kier molecular flexibility index (Phi) is 9.44. The molecule has 0 radical (unpaired) electrons. The number of aliphatic hydroxyl groups is 1. The number of hydrogen-bond acceptors (Lipinski definition) is 7. The maximum atomic E-state index is 15.6. The number of sulfonamides is 1. The van der Waals surface area contributed by atoms with E-state index in [2.05, 4.69) is 38.7 Å². The Morgan fingerprint density at radius 3 is 2.41 bits per heavy atom. The average molecular weight is 862 g/mol. The number of hydrogen-bond donors (Lipinski definition) is 3. The molecule has 2 aromatic carbocycles. The minimum absolute atomic E-state index is 0.00767. The van der Waals surface area contributed by atoms with Crippen LogP contribution in [-0.4, -0.2) is 55.8 Å². The second-order valence-corrected chi connectivity index (χ2v) is 17.1. The van der Waals surface area contributed by atoms with Crippen molar-refractivity contribution < 1.29 is 49.1 Å². The van der Waals surface area contributed by atoms with Crippen molar-refractivity contribution in [2.24, 2.45) is 13.0 Å². The molecule has 308 valence electrons. The number of benzene rings is 2. The molecule has 0 unspecified atom stereocenters. The van der Waals surface area contributed by atoms with E-state index in [1.807, 2.05) is 0 Å². The van der Waals surface area contributed by atoms with Gasteiger partial charge in [-0.1, -0.05) is 35.7 Å². The van der Waals surface area contributed by atoms with Crippen molar-refractivity contribution in [1.29, 1.82) is 0 Å². The predicted octanol–water partition coefficient (Wildman–Crippen LogP) is 6.90. The number of nitrogens with zero attached hydrogens (tertiary/aromatic N) is 5. The first kappa shape index (κ1) is 40.3. The van der Waals surface area contributed by atoms with Gasteiger partial charge in [-0.3, -0.25) is 18.9 Å². The van der Waals surface area contributed by atoms with Gasteiger partial charge in [-0.15, -0.1) is 0 Å². The molecule has 0 saturated heterocycles. The van der Waals surface area contributed by atoms with Gasteiger partial charge in [0.15, 0.2) is 11.5 Å². The summed E-state index contributed by atoms with van der Waals surface area (Å²) in [6.07, 6.45) is -3.08. The molecule has 3 aliphatic rings. The van der Waals surface area contributed by atoms with Gasteiger partial charge in [0.25, 0.3) is 5.92 Å². The molecule has 2 saturated carbocycles. The zero-order chi connectivity index (χ0) is 42.6. The summed E-state index contributed by atoms with van der Waals surface area (Å²) < 4.78 is 131. The van der Waals surface area contributed by atoms with Gasteiger partial charge >= 0.3 is 6.18 Å². The van der Waals surface area contributed by atoms with Crippen LogP contribution in [0.2, 0.25) is 5.02 Å². The first-order chi connectivity index (χ1) is 27.5. The Morgan fingerprint density at radius 1 is 1.10 bits per heavy atom. The Morgan fingerprint density at radius 2 is 1.78 bits per heavy atom. The van der Waals surface area contributed by atoms with Gasteiger partial charge < -0.3 is 10.4 Å². The van der Waals surface area contributed by atoms with Gasteiger partial charge in [0.2, 0.25) is 15.9 Å². The van der Waals surface area contributed by atoms with Crippen molar-refractivity contribution in [2.45, 2.75) is 61.9 Å². The minimum atomic E-state index is -5.14. The molecule has 3 aromatic heterocycles. The van der Waals surface area contributed by atoms with E-state index >= 15 is 8.78 Å². The van der Waals surface area contributed by atoms with E-state index in [1.54, 1.807) is 6.07 Å². The van der Waals surface area contributed by atoms with Crippen LogP contribution in [0.4, 0.5) is 36.6 Å². The molecule has 2 fully saturated rings. The van der Waals surface area contributed by atoms with E-state index in [9.17, 15) is 40.3 Å². The Balaban J connectivity index is 1.28. The van der Waals surface area contributed by atoms with Crippen molar-refractivity contribution in [2.75, 3.05) is 11.0 Å². The number of anilines is 1. The highest BCUT2D eigenvalue weighted by molar-refractivity contribution is 7.92. The van der Waals surface area contributed by atoms with Crippen LogP contribution in [0, 0.1) is 29.4 Å². The average Bonchev–Trinajstić information content (AvgIpc) is 3.34. The van der Waals surface area contributed by atoms with E-state index in [0.29, 0.717) is 29.2 Å². The third-order valence-electron chi connectivity index (χ3n) is 10.7. The van der Waals surface area contributed by atoms with Crippen LogP contribution in [-0.2, 0) is 46.9 Å². The van der Waals surface area contributed by atoms with E-state index in [0.717, 1.165) is 24.8 Å². The Labute approximate surface area is 336 Å². The molecule has 11 nitrogen and oxygen atoms in total. The number of halogens is 8. The minimum Gasteiger partial charge on any atom is -0.378 e. The molecule has 59 heavy (non-hydrogen) atoms. The molecule has 1 amide bonds. The Bertz CT molecular complexity index is 2790. The number of aromatic nitrogens is 5. The van der Waals surface area contributed by atoms with Crippen LogP contribution in [0.5, 0.6) is 0 Å². The summed E-state index contributed by atoms with van der Waals surface area (Å²) in [5, 5.41) is 21.3. The van der Waals surface area contributed by atoms with Crippen molar-refractivity contribution in [1.82, 2.24) is 29.9 Å². The molecule has 0 aliphatic heterocycles. The van der Waals surface area contributed by atoms with Crippen molar-refractivity contribution in [3.63, 3.8) is 0 Å². The molecule has 0 spiro atoms. The largest absolute Gasteiger partial charge is 0.435 e. The summed E-state index contributed by atoms with van der Waals surface area (Å²) in [7, 11) is -2.35. The third kappa shape index (κ3) is 7.31. The van der Waals surface area contributed by atoms with Crippen LogP contribution in [0.15, 0.2) is 54.6 Å². The fourth-order valence-electron chi connectivity index (χ4n) is 7.96. The number of rotatable bonds is 9. The molecule has 3 heterocycles. The van der Waals surface area contributed by atoms with E-state index in [-0.39, 0.29) is 49.8 Å². The summed E-state index contributed by atoms with van der Waals surface area (Å²) in [6, 6.07) is 7.21. The highest BCUT2D eigenvalue weighted by atomic mass is 35.5. The molecule has 3 atom stereocenters. The number of carbonyl (C=O) groups excluding carboxylic acids is 1. The lowest BCUT2D eigenvalue weighted by atomic mass is 9.81. The molecule has 8 rings (SSSR count). The number of aryl methyl sites for hydroxylation is 1. The number of amides is 1. The van der Waals surface area contributed by atoms with E-state index in [1.165, 1.54) is 29.9 Å². The summed E-state index contributed by atoms with van der Waals surface area (Å²) >= 11 is 6.58. The second-order valence-electron chi connectivity index (χ2n) is 15.0. The van der Waals surface area contributed by atoms with Crippen molar-refractivity contribution >= 4 is 44.3 Å². The fourth-order valence-corrected chi connectivity index (χ4v) is 8.69. The summed E-state index contributed by atoms with van der Waals surface area (Å²) in [6.45, 7) is 2.37. The summed E-state index contributed by atoms with van der Waals surface area (Å²) in [5.41, 5.74) is -3.88. The van der Waals surface area contributed by atoms with Crippen LogP contribution in [0.25, 0.3) is 22.0 Å². The molecule has 0 bridgehead atoms. The first-order valence-corrected chi connectivity index (χ1v) is 20.2. The second kappa shape index (κ2) is 13.8. The SMILES string of the molecule is C=C1[C@@H]2c3c(C(F)(F)F)nn(CC(=O)N[C@@H](Cc4cc(F)cc(F)c4)c4nc(C#CC5(O)CCC5)ccc4-c4ccc(Cl)c5c(NS(C)(=O)=O)nn(C)c45)c3C(F)(F)[C@H]12. The van der Waals surface area contributed by atoms with Gasteiger partial charge in [-0.25, -0.2) is 22.2 Å². The number of alkyl halides is 5. The first-order valence-electron chi connectivity index (χ1n) is 17.9. The van der Waals surface area contributed by atoms with Gasteiger partial charge in [-0.05, 0) is 67.5 Å². The van der Waals surface area contributed by atoms with Crippen molar-refractivity contribution in [3.05, 3.63) is 105 Å². The van der Waals surface area contributed by atoms with Gasteiger partial charge in [0.1, 0.15) is 35.2 Å². The normalized spacial score (nSPS) is 19.3. The van der Waals surface area contributed by atoms with Gasteiger partial charge in [0, 0.05) is 35.7 Å². The Hall–Kier alpha value is -5.45. The maximum Gasteiger partial charge on any atom is 0.435 e. The zero-order valence-corrected chi connectivity index (χ0v) is 32.4.